The molecule has 0 aliphatic rings. The van der Waals surface area contributed by atoms with Crippen molar-refractivity contribution in [2.75, 3.05) is 17.6 Å². The summed E-state index contributed by atoms with van der Waals surface area (Å²) in [5.41, 5.74) is 9.95. The molecule has 0 radical (unpaired) electrons. The van der Waals surface area contributed by atoms with Gasteiger partial charge in [0.1, 0.15) is 11.5 Å². The Morgan fingerprint density at radius 2 is 2.05 bits per heavy atom. The standard InChI is InChI=1S/C12H21N5O3/c1-7(2)6-17-10(14)9(11(19)16-12(17)20)15-5-3-4-8(13)18/h7,15H,3-6,14H2,1-2H3,(H2,13,18)(H,16,19,20). The number of H-pyrrole nitrogens is 1. The molecule has 20 heavy (non-hydrogen) atoms. The van der Waals surface area contributed by atoms with E-state index in [2.05, 4.69) is 10.3 Å². The van der Waals surface area contributed by atoms with E-state index in [0.717, 1.165) is 0 Å². The van der Waals surface area contributed by atoms with E-state index in [1.807, 2.05) is 13.8 Å². The zero-order valence-electron chi connectivity index (χ0n) is 11.7. The first kappa shape index (κ1) is 15.8. The van der Waals surface area contributed by atoms with Crippen molar-refractivity contribution >= 4 is 17.4 Å². The molecule has 6 N–H and O–H groups in total. The average Bonchev–Trinajstić information content (AvgIpc) is 2.32. The van der Waals surface area contributed by atoms with Crippen LogP contribution in [0.15, 0.2) is 9.59 Å². The maximum absolute atomic E-state index is 11.7. The number of nitrogen functional groups attached to an aromatic ring is 1. The Morgan fingerprint density at radius 3 is 2.60 bits per heavy atom. The minimum absolute atomic E-state index is 0.103. The molecule has 8 heteroatoms. The highest BCUT2D eigenvalue weighted by atomic mass is 16.2. The van der Waals surface area contributed by atoms with Gasteiger partial charge >= 0.3 is 5.69 Å². The fraction of sp³-hybridized carbons (Fsp3) is 0.583. The lowest BCUT2D eigenvalue weighted by molar-refractivity contribution is -0.118. The van der Waals surface area contributed by atoms with Crippen LogP contribution in [-0.4, -0.2) is 22.0 Å². The third kappa shape index (κ3) is 4.15. The first-order valence-electron chi connectivity index (χ1n) is 6.47. The number of amides is 1. The van der Waals surface area contributed by atoms with Gasteiger partial charge in [-0.25, -0.2) is 4.79 Å². The van der Waals surface area contributed by atoms with Crippen LogP contribution in [0.2, 0.25) is 0 Å². The zero-order valence-corrected chi connectivity index (χ0v) is 11.7. The molecule has 0 bridgehead atoms. The summed E-state index contributed by atoms with van der Waals surface area (Å²) >= 11 is 0. The number of nitrogens with zero attached hydrogens (tertiary/aromatic N) is 1. The van der Waals surface area contributed by atoms with Gasteiger partial charge in [0.15, 0.2) is 0 Å². The number of nitrogens with two attached hydrogens (primary N) is 2. The Bertz CT molecular complexity index is 588. The molecule has 0 aliphatic heterocycles. The normalized spacial score (nSPS) is 10.8. The molecule has 0 aromatic carbocycles. The lowest BCUT2D eigenvalue weighted by Gasteiger charge is -2.15. The van der Waals surface area contributed by atoms with Crippen LogP contribution in [0, 0.1) is 5.92 Å². The van der Waals surface area contributed by atoms with Gasteiger partial charge in [-0.15, -0.1) is 0 Å². The van der Waals surface area contributed by atoms with Crippen LogP contribution in [0.1, 0.15) is 26.7 Å². The van der Waals surface area contributed by atoms with Gasteiger partial charge in [-0.1, -0.05) is 13.8 Å². The van der Waals surface area contributed by atoms with Gasteiger partial charge in [-0.3, -0.25) is 19.1 Å². The lowest BCUT2D eigenvalue weighted by Crippen LogP contribution is -2.35. The summed E-state index contributed by atoms with van der Waals surface area (Å²) < 4.78 is 1.32. The molecule has 0 unspecified atom stereocenters. The molecular weight excluding hydrogens is 262 g/mol. The van der Waals surface area contributed by atoms with E-state index < -0.39 is 17.2 Å². The van der Waals surface area contributed by atoms with Gasteiger partial charge in [0.05, 0.1) is 0 Å². The lowest BCUT2D eigenvalue weighted by atomic mass is 10.2. The van der Waals surface area contributed by atoms with Crippen LogP contribution < -0.4 is 28.0 Å². The maximum atomic E-state index is 11.7. The van der Waals surface area contributed by atoms with Gasteiger partial charge in [0.2, 0.25) is 5.91 Å². The zero-order chi connectivity index (χ0) is 15.3. The molecule has 1 aromatic rings. The summed E-state index contributed by atoms with van der Waals surface area (Å²) in [6, 6.07) is 0. The summed E-state index contributed by atoms with van der Waals surface area (Å²) in [5, 5.41) is 2.84. The first-order chi connectivity index (χ1) is 9.32. The summed E-state index contributed by atoms with van der Waals surface area (Å²) in [7, 11) is 0. The number of hydrogen-bond acceptors (Lipinski definition) is 5. The van der Waals surface area contributed by atoms with Crippen molar-refractivity contribution in [1.29, 1.82) is 0 Å². The maximum Gasteiger partial charge on any atom is 0.330 e. The summed E-state index contributed by atoms with van der Waals surface area (Å²) in [5.74, 6) is -0.0893. The Morgan fingerprint density at radius 1 is 1.40 bits per heavy atom. The SMILES string of the molecule is CC(C)Cn1c(N)c(NCCCC(N)=O)c(=O)[nH]c1=O. The second-order valence-electron chi connectivity index (χ2n) is 5.02. The van der Waals surface area contributed by atoms with Gasteiger partial charge in [0, 0.05) is 19.5 Å². The van der Waals surface area contributed by atoms with E-state index in [0.29, 0.717) is 19.5 Å². The predicted octanol–water partition coefficient (Wildman–Crippen LogP) is -0.548. The van der Waals surface area contributed by atoms with Crippen molar-refractivity contribution in [3.05, 3.63) is 20.8 Å². The smallest absolute Gasteiger partial charge is 0.330 e. The van der Waals surface area contributed by atoms with Crippen molar-refractivity contribution in [3.63, 3.8) is 0 Å². The highest BCUT2D eigenvalue weighted by Gasteiger charge is 2.12. The van der Waals surface area contributed by atoms with Gasteiger partial charge < -0.3 is 16.8 Å². The van der Waals surface area contributed by atoms with E-state index >= 15 is 0 Å². The van der Waals surface area contributed by atoms with Crippen molar-refractivity contribution < 1.29 is 4.79 Å². The highest BCUT2D eigenvalue weighted by molar-refractivity contribution is 5.73. The van der Waals surface area contributed by atoms with Crippen LogP contribution in [0.4, 0.5) is 11.5 Å². The predicted molar refractivity (Wildman–Crippen MR) is 77.5 cm³/mol. The number of carbonyl (C=O) groups excluding carboxylic acids is 1. The van der Waals surface area contributed by atoms with Crippen LogP contribution in [0.25, 0.3) is 0 Å². The van der Waals surface area contributed by atoms with Crippen molar-refractivity contribution in [2.24, 2.45) is 11.7 Å². The molecule has 0 saturated heterocycles. The molecule has 1 amide bonds. The van der Waals surface area contributed by atoms with Crippen molar-refractivity contribution in [3.8, 4) is 0 Å². The molecule has 0 atom stereocenters. The Hall–Kier alpha value is -2.25. The molecule has 112 valence electrons. The molecule has 0 aliphatic carbocycles. The largest absolute Gasteiger partial charge is 0.383 e. The number of aromatic nitrogens is 2. The minimum atomic E-state index is -0.563. The van der Waals surface area contributed by atoms with E-state index in [-0.39, 0.29) is 23.8 Å². The second-order valence-corrected chi connectivity index (χ2v) is 5.02. The van der Waals surface area contributed by atoms with Crippen LogP contribution in [0.3, 0.4) is 0 Å². The van der Waals surface area contributed by atoms with E-state index in [1.165, 1.54) is 4.57 Å². The van der Waals surface area contributed by atoms with Crippen molar-refractivity contribution in [2.45, 2.75) is 33.2 Å². The fourth-order valence-corrected chi connectivity index (χ4v) is 1.78. The van der Waals surface area contributed by atoms with E-state index in [9.17, 15) is 14.4 Å². The molecule has 8 nitrogen and oxygen atoms in total. The number of primary amides is 1. The Labute approximate surface area is 116 Å². The Kier molecular flexibility index (Phi) is 5.36. The summed E-state index contributed by atoms with van der Waals surface area (Å²) in [4.78, 5) is 36.3. The van der Waals surface area contributed by atoms with E-state index in [1.54, 1.807) is 0 Å². The number of aromatic amines is 1. The number of carbonyl (C=O) groups is 1. The van der Waals surface area contributed by atoms with Crippen LogP contribution in [-0.2, 0) is 11.3 Å². The topological polar surface area (TPSA) is 136 Å². The molecular formula is C12H21N5O3. The molecule has 1 rings (SSSR count). The number of anilines is 2. The minimum Gasteiger partial charge on any atom is -0.383 e. The van der Waals surface area contributed by atoms with Gasteiger partial charge in [0.25, 0.3) is 5.56 Å². The number of rotatable bonds is 7. The average molecular weight is 283 g/mol. The van der Waals surface area contributed by atoms with Crippen LogP contribution in [0.5, 0.6) is 0 Å². The summed E-state index contributed by atoms with van der Waals surface area (Å²) in [6.07, 6.45) is 0.702. The van der Waals surface area contributed by atoms with Crippen LogP contribution >= 0.6 is 0 Å². The van der Waals surface area contributed by atoms with Gasteiger partial charge in [-0.05, 0) is 12.3 Å². The second kappa shape index (κ2) is 6.78. The Balaban J connectivity index is 2.93. The number of nitrogens with one attached hydrogen (secondary N) is 2. The molecule has 0 spiro atoms. The monoisotopic (exact) mass is 283 g/mol. The highest BCUT2D eigenvalue weighted by Crippen LogP contribution is 2.11. The third-order valence-corrected chi connectivity index (χ3v) is 2.69. The molecule has 0 saturated carbocycles. The third-order valence-electron chi connectivity index (χ3n) is 2.69. The summed E-state index contributed by atoms with van der Waals surface area (Å²) in [6.45, 7) is 4.67. The number of hydrogen-bond donors (Lipinski definition) is 4. The molecule has 1 heterocycles. The fourth-order valence-electron chi connectivity index (χ4n) is 1.78. The quantitative estimate of drug-likeness (QED) is 0.498. The van der Waals surface area contributed by atoms with Crippen molar-refractivity contribution in [1.82, 2.24) is 9.55 Å². The first-order valence-corrected chi connectivity index (χ1v) is 6.47. The molecule has 1 aromatic heterocycles. The van der Waals surface area contributed by atoms with E-state index in [4.69, 9.17) is 11.5 Å². The van der Waals surface area contributed by atoms with Gasteiger partial charge in [-0.2, -0.15) is 0 Å². The molecule has 0 fully saturated rings.